The number of hydrogen-bond acceptors (Lipinski definition) is 7. The van der Waals surface area contributed by atoms with Gasteiger partial charge in [-0.15, -0.1) is 0 Å². The van der Waals surface area contributed by atoms with Crippen LogP contribution in [0.1, 0.15) is 43.6 Å². The van der Waals surface area contributed by atoms with E-state index in [-0.39, 0.29) is 23.7 Å². The van der Waals surface area contributed by atoms with Crippen molar-refractivity contribution in [2.75, 3.05) is 12.3 Å². The Morgan fingerprint density at radius 2 is 1.61 bits per heavy atom. The second-order valence-electron chi connectivity index (χ2n) is 6.95. The molecule has 10 nitrogen and oxygen atoms in total. The van der Waals surface area contributed by atoms with Gasteiger partial charge >= 0.3 is 17.9 Å². The molecule has 33 heavy (non-hydrogen) atoms. The fourth-order valence-corrected chi connectivity index (χ4v) is 3.20. The molecule has 5 N–H and O–H groups in total. The number of aromatic amines is 1. The highest BCUT2D eigenvalue weighted by Crippen LogP contribution is 2.36. The van der Waals surface area contributed by atoms with Gasteiger partial charge in [0, 0.05) is 5.56 Å². The molecule has 3 rings (SSSR count). The highest BCUT2D eigenvalue weighted by atomic mass is 16.6. The fraction of sp³-hybridized carbons (Fsp3) is 0.130. The first kappa shape index (κ1) is 23.1. The van der Waals surface area contributed by atoms with E-state index < -0.39 is 46.0 Å². The number of carboxylic acids is 2. The lowest BCUT2D eigenvalue weighted by atomic mass is 9.95. The molecule has 0 saturated heterocycles. The molecule has 0 spiro atoms. The number of nitrogens with one attached hydrogen (secondary N) is 1. The second-order valence-corrected chi connectivity index (χ2v) is 6.95. The minimum atomic E-state index is -1.64. The van der Waals surface area contributed by atoms with Crippen LogP contribution in [0.2, 0.25) is 0 Å². The van der Waals surface area contributed by atoms with Gasteiger partial charge < -0.3 is 30.4 Å². The summed E-state index contributed by atoms with van der Waals surface area (Å²) in [5.74, 6) is -4.25. The van der Waals surface area contributed by atoms with Crippen LogP contribution in [-0.4, -0.2) is 39.7 Å². The van der Waals surface area contributed by atoms with Crippen LogP contribution < -0.4 is 20.8 Å². The van der Waals surface area contributed by atoms with Gasteiger partial charge in [-0.2, -0.15) is 0 Å². The van der Waals surface area contributed by atoms with E-state index in [1.54, 1.807) is 31.2 Å². The lowest BCUT2D eigenvalue weighted by Gasteiger charge is -2.15. The zero-order valence-corrected chi connectivity index (χ0v) is 17.7. The molecule has 0 aliphatic carbocycles. The number of rotatable bonds is 7. The summed E-state index contributed by atoms with van der Waals surface area (Å²) in [6, 6.07) is 10.6. The number of nitrogens with two attached hydrogens (primary N) is 1. The van der Waals surface area contributed by atoms with E-state index in [0.717, 1.165) is 5.56 Å². The summed E-state index contributed by atoms with van der Waals surface area (Å²) >= 11 is 0. The zero-order chi connectivity index (χ0) is 24.3. The van der Waals surface area contributed by atoms with E-state index in [2.05, 4.69) is 0 Å². The first-order valence-electron chi connectivity index (χ1n) is 9.72. The summed E-state index contributed by atoms with van der Waals surface area (Å²) in [6.07, 6.45) is 0. The fourth-order valence-electron chi connectivity index (χ4n) is 3.20. The number of ether oxygens (including phenoxy) is 2. The summed E-state index contributed by atoms with van der Waals surface area (Å²) in [4.78, 5) is 50.4. The van der Waals surface area contributed by atoms with Crippen LogP contribution in [0.15, 0.2) is 47.3 Å². The quantitative estimate of drug-likeness (QED) is 0.311. The molecule has 0 aliphatic rings. The Hall–Kier alpha value is -4.60. The molecule has 0 atom stereocenters. The number of aryl methyl sites for hydroxylation is 1. The van der Waals surface area contributed by atoms with Crippen molar-refractivity contribution in [1.29, 1.82) is 0 Å². The lowest BCUT2D eigenvalue weighted by molar-refractivity contribution is 0.0693. The van der Waals surface area contributed by atoms with Gasteiger partial charge in [0.2, 0.25) is 0 Å². The molecular formula is C23H20N2O8. The maximum atomic E-state index is 12.5. The largest absolute Gasteiger partial charge is 0.490 e. The molecule has 2 aromatic carbocycles. The number of hydrogen-bond donors (Lipinski definition) is 4. The summed E-state index contributed by atoms with van der Waals surface area (Å²) in [6.45, 7) is 3.71. The number of H-pyrrole nitrogens is 1. The maximum absolute atomic E-state index is 12.5. The Morgan fingerprint density at radius 3 is 2.18 bits per heavy atom. The second kappa shape index (κ2) is 9.27. The highest BCUT2D eigenvalue weighted by molar-refractivity contribution is 6.07. The van der Waals surface area contributed by atoms with Crippen molar-refractivity contribution in [3.8, 4) is 22.6 Å². The Balaban J connectivity index is 2.15. The normalized spacial score (nSPS) is 10.5. The van der Waals surface area contributed by atoms with Gasteiger partial charge in [-0.1, -0.05) is 23.8 Å². The minimum Gasteiger partial charge on any atom is -0.490 e. The van der Waals surface area contributed by atoms with E-state index in [0.29, 0.717) is 5.56 Å². The van der Waals surface area contributed by atoms with Crippen LogP contribution in [0.3, 0.4) is 0 Å². The summed E-state index contributed by atoms with van der Waals surface area (Å²) < 4.78 is 11.0. The van der Waals surface area contributed by atoms with Crippen molar-refractivity contribution in [2.45, 2.75) is 13.8 Å². The maximum Gasteiger partial charge on any atom is 0.343 e. The van der Waals surface area contributed by atoms with Crippen molar-refractivity contribution < 1.29 is 34.1 Å². The summed E-state index contributed by atoms with van der Waals surface area (Å²) in [7, 11) is 0. The van der Waals surface area contributed by atoms with Crippen molar-refractivity contribution >= 4 is 23.7 Å². The van der Waals surface area contributed by atoms with Crippen molar-refractivity contribution in [3.05, 3.63) is 75.1 Å². The highest BCUT2D eigenvalue weighted by Gasteiger charge is 2.27. The van der Waals surface area contributed by atoms with Crippen molar-refractivity contribution in [2.24, 2.45) is 0 Å². The molecular weight excluding hydrogens is 432 g/mol. The van der Waals surface area contributed by atoms with Gasteiger partial charge in [0.15, 0.2) is 11.5 Å². The molecule has 10 heteroatoms. The minimum absolute atomic E-state index is 0.0257. The van der Waals surface area contributed by atoms with Crippen LogP contribution in [0.25, 0.3) is 11.1 Å². The van der Waals surface area contributed by atoms with Crippen LogP contribution in [0.4, 0.5) is 5.82 Å². The van der Waals surface area contributed by atoms with Crippen LogP contribution >= 0.6 is 0 Å². The van der Waals surface area contributed by atoms with E-state index in [1.807, 2.05) is 11.9 Å². The Labute approximate surface area is 187 Å². The number of pyridine rings is 1. The predicted molar refractivity (Wildman–Crippen MR) is 118 cm³/mol. The number of benzene rings is 2. The summed E-state index contributed by atoms with van der Waals surface area (Å²) in [5.41, 5.74) is 4.12. The molecule has 0 amide bonds. The molecule has 1 aromatic heterocycles. The number of aromatic carboxylic acids is 2. The number of anilines is 1. The number of carbonyl (C=O) groups is 3. The molecule has 0 fully saturated rings. The van der Waals surface area contributed by atoms with E-state index in [4.69, 9.17) is 15.2 Å². The van der Waals surface area contributed by atoms with Crippen molar-refractivity contribution in [3.63, 3.8) is 0 Å². The van der Waals surface area contributed by atoms with Gasteiger partial charge in [-0.05, 0) is 43.7 Å². The van der Waals surface area contributed by atoms with Crippen LogP contribution in [-0.2, 0) is 0 Å². The molecule has 0 radical (unpaired) electrons. The average Bonchev–Trinajstić information content (AvgIpc) is 2.74. The number of carbonyl (C=O) groups excluding carboxylic acids is 1. The van der Waals surface area contributed by atoms with E-state index in [9.17, 15) is 29.4 Å². The first-order valence-corrected chi connectivity index (χ1v) is 9.72. The summed E-state index contributed by atoms with van der Waals surface area (Å²) in [5, 5.41) is 19.1. The number of aromatic nitrogens is 1. The van der Waals surface area contributed by atoms with E-state index >= 15 is 0 Å². The number of esters is 1. The number of nitrogen functional groups attached to an aromatic ring is 1. The monoisotopic (exact) mass is 452 g/mol. The topological polar surface area (TPSA) is 169 Å². The van der Waals surface area contributed by atoms with Gasteiger partial charge in [0.25, 0.3) is 5.56 Å². The third-order valence-electron chi connectivity index (χ3n) is 4.69. The molecule has 1 heterocycles. The van der Waals surface area contributed by atoms with Crippen LogP contribution in [0.5, 0.6) is 11.5 Å². The van der Waals surface area contributed by atoms with Gasteiger partial charge in [0.05, 0.1) is 12.2 Å². The lowest BCUT2D eigenvalue weighted by Crippen LogP contribution is -2.24. The smallest absolute Gasteiger partial charge is 0.343 e. The average molecular weight is 452 g/mol. The van der Waals surface area contributed by atoms with Crippen molar-refractivity contribution in [1.82, 2.24) is 4.98 Å². The Morgan fingerprint density at radius 1 is 0.970 bits per heavy atom. The van der Waals surface area contributed by atoms with Gasteiger partial charge in [-0.25, -0.2) is 14.4 Å². The molecule has 0 saturated carbocycles. The van der Waals surface area contributed by atoms with Gasteiger partial charge in [0.1, 0.15) is 16.9 Å². The predicted octanol–water partition coefficient (Wildman–Crippen LogP) is 2.95. The SMILES string of the molecule is CCOc1cc(-c2c(C(=O)O)c(N)[nH]c(=O)c2C(=O)O)ccc1OC(=O)c1ccc(C)cc1. The zero-order valence-electron chi connectivity index (χ0n) is 17.7. The van der Waals surface area contributed by atoms with E-state index in [1.165, 1.54) is 18.2 Å². The number of carboxylic acid groups (broad SMARTS) is 2. The van der Waals surface area contributed by atoms with Gasteiger partial charge in [-0.3, -0.25) is 4.79 Å². The van der Waals surface area contributed by atoms with Crippen LogP contribution in [0, 0.1) is 6.92 Å². The standard InChI is InChI=1S/C23H20N2O8/c1-3-32-15-10-13(8-9-14(15)33-23(31)12-6-4-11(2)5-7-12)16-17(21(27)28)19(24)25-20(26)18(16)22(29)30/h4-10H,3H2,1-2H3,(H,27,28)(H,29,30)(H3,24,25,26). The first-order chi connectivity index (χ1) is 15.6. The molecule has 0 unspecified atom stereocenters. The molecule has 3 aromatic rings. The molecule has 0 bridgehead atoms. The molecule has 170 valence electrons. The third kappa shape index (κ3) is 4.69. The molecule has 0 aliphatic heterocycles. The Kier molecular flexibility index (Phi) is 6.48. The Bertz CT molecular complexity index is 1310. The third-order valence-corrected chi connectivity index (χ3v) is 4.69.